The number of nitrogens with one attached hydrogen (secondary N) is 2. The van der Waals surface area contributed by atoms with Crippen LogP contribution in [0, 0.1) is 0 Å². The largest absolute Gasteiger partial charge is 0.497 e. The second-order valence-corrected chi connectivity index (χ2v) is 5.80. The average molecular weight is 358 g/mol. The predicted molar refractivity (Wildman–Crippen MR) is 97.0 cm³/mol. The molecular formula is C18H22N4O4. The van der Waals surface area contributed by atoms with Crippen LogP contribution in [0.4, 0.5) is 11.6 Å². The van der Waals surface area contributed by atoms with E-state index >= 15 is 0 Å². The van der Waals surface area contributed by atoms with Gasteiger partial charge in [-0.3, -0.25) is 4.79 Å². The van der Waals surface area contributed by atoms with Gasteiger partial charge in [0.2, 0.25) is 5.95 Å². The van der Waals surface area contributed by atoms with Crippen LogP contribution in [0.5, 0.6) is 11.5 Å². The first-order chi connectivity index (χ1) is 12.7. The normalized spacial score (nSPS) is 16.2. The highest BCUT2D eigenvalue weighted by molar-refractivity contribution is 6.03. The first kappa shape index (κ1) is 17.9. The van der Waals surface area contributed by atoms with Crippen molar-refractivity contribution in [1.82, 2.24) is 9.97 Å². The molecule has 1 unspecified atom stereocenters. The molecule has 1 amide bonds. The van der Waals surface area contributed by atoms with Gasteiger partial charge >= 0.3 is 0 Å². The van der Waals surface area contributed by atoms with Crippen molar-refractivity contribution < 1.29 is 19.0 Å². The molecule has 1 aliphatic heterocycles. The zero-order valence-electron chi connectivity index (χ0n) is 14.8. The van der Waals surface area contributed by atoms with E-state index in [0.717, 1.165) is 19.4 Å². The summed E-state index contributed by atoms with van der Waals surface area (Å²) in [5.41, 5.74) is 0.790. The molecule has 0 spiro atoms. The molecular weight excluding hydrogens is 336 g/mol. The number of methoxy groups -OCH3 is 2. The molecule has 3 rings (SSSR count). The second kappa shape index (κ2) is 8.48. The summed E-state index contributed by atoms with van der Waals surface area (Å²) in [6, 6.07) is 6.72. The Hall–Kier alpha value is -2.87. The average Bonchev–Trinajstić information content (AvgIpc) is 3.20. The summed E-state index contributed by atoms with van der Waals surface area (Å²) in [7, 11) is 3.10. The number of aromatic nitrogens is 2. The lowest BCUT2D eigenvalue weighted by molar-refractivity contribution is 0.102. The molecule has 2 N–H and O–H groups in total. The van der Waals surface area contributed by atoms with E-state index in [9.17, 15) is 4.79 Å². The Balaban J connectivity index is 1.67. The lowest BCUT2D eigenvalue weighted by Crippen LogP contribution is -2.21. The van der Waals surface area contributed by atoms with E-state index in [2.05, 4.69) is 20.6 Å². The molecule has 0 aliphatic carbocycles. The molecule has 8 nitrogen and oxygen atoms in total. The van der Waals surface area contributed by atoms with E-state index in [1.165, 1.54) is 7.11 Å². The van der Waals surface area contributed by atoms with Gasteiger partial charge in [0, 0.05) is 25.4 Å². The molecule has 1 atom stereocenters. The highest BCUT2D eigenvalue weighted by Crippen LogP contribution is 2.29. The molecule has 2 heterocycles. The second-order valence-electron chi connectivity index (χ2n) is 5.80. The summed E-state index contributed by atoms with van der Waals surface area (Å²) in [6.07, 6.45) is 3.80. The Labute approximate surface area is 151 Å². The third-order valence-electron chi connectivity index (χ3n) is 4.06. The van der Waals surface area contributed by atoms with Crippen molar-refractivity contribution in [3.8, 4) is 11.5 Å². The van der Waals surface area contributed by atoms with Gasteiger partial charge in [0.15, 0.2) is 0 Å². The Bertz CT molecular complexity index is 763. The Kier molecular flexibility index (Phi) is 5.85. The smallest absolute Gasteiger partial charge is 0.274 e. The number of amides is 1. The van der Waals surface area contributed by atoms with Crippen LogP contribution in [-0.4, -0.2) is 49.4 Å². The number of ether oxygens (including phenoxy) is 3. The minimum atomic E-state index is -0.351. The van der Waals surface area contributed by atoms with E-state index in [0.29, 0.717) is 29.7 Å². The van der Waals surface area contributed by atoms with Crippen molar-refractivity contribution >= 4 is 17.5 Å². The predicted octanol–water partition coefficient (Wildman–Crippen LogP) is 2.34. The molecule has 0 saturated carbocycles. The molecule has 1 aliphatic rings. The van der Waals surface area contributed by atoms with E-state index in [1.807, 2.05) is 0 Å². The first-order valence-corrected chi connectivity index (χ1v) is 8.41. The van der Waals surface area contributed by atoms with Crippen LogP contribution in [-0.2, 0) is 4.74 Å². The molecule has 26 heavy (non-hydrogen) atoms. The van der Waals surface area contributed by atoms with E-state index in [1.54, 1.807) is 37.6 Å². The fraction of sp³-hybridized carbons (Fsp3) is 0.389. The van der Waals surface area contributed by atoms with Crippen LogP contribution in [0.15, 0.2) is 30.5 Å². The molecule has 1 fully saturated rings. The third-order valence-corrected chi connectivity index (χ3v) is 4.06. The van der Waals surface area contributed by atoms with Crippen molar-refractivity contribution in [2.75, 3.05) is 38.0 Å². The maximum Gasteiger partial charge on any atom is 0.274 e. The highest BCUT2D eigenvalue weighted by Gasteiger charge is 2.16. The van der Waals surface area contributed by atoms with Crippen LogP contribution in [0.3, 0.4) is 0 Å². The van der Waals surface area contributed by atoms with E-state index in [-0.39, 0.29) is 17.7 Å². The van der Waals surface area contributed by atoms with E-state index in [4.69, 9.17) is 14.2 Å². The Morgan fingerprint density at radius 2 is 2.19 bits per heavy atom. The summed E-state index contributed by atoms with van der Waals surface area (Å²) >= 11 is 0. The summed E-state index contributed by atoms with van der Waals surface area (Å²) in [4.78, 5) is 20.9. The van der Waals surface area contributed by atoms with Gasteiger partial charge in [-0.25, -0.2) is 9.97 Å². The Morgan fingerprint density at radius 3 is 2.92 bits per heavy atom. The maximum absolute atomic E-state index is 12.5. The standard InChI is InChI=1S/C18H22N4O4/c1-24-12-5-6-14(16(10-12)25-2)21-17(23)15-7-8-19-18(22-15)20-11-13-4-3-9-26-13/h5-8,10,13H,3-4,9,11H2,1-2H3,(H,21,23)(H,19,20,22). The summed E-state index contributed by atoms with van der Waals surface area (Å²) < 4.78 is 16.0. The van der Waals surface area contributed by atoms with Gasteiger partial charge in [0.1, 0.15) is 17.2 Å². The van der Waals surface area contributed by atoms with Crippen LogP contribution < -0.4 is 20.1 Å². The van der Waals surface area contributed by atoms with Crippen LogP contribution >= 0.6 is 0 Å². The van der Waals surface area contributed by atoms with Crippen LogP contribution in [0.25, 0.3) is 0 Å². The van der Waals surface area contributed by atoms with Gasteiger partial charge in [0.05, 0.1) is 26.0 Å². The van der Waals surface area contributed by atoms with Crippen molar-refractivity contribution in [1.29, 1.82) is 0 Å². The minimum absolute atomic E-state index is 0.166. The quantitative estimate of drug-likeness (QED) is 0.784. The molecule has 8 heteroatoms. The molecule has 0 radical (unpaired) electrons. The minimum Gasteiger partial charge on any atom is -0.497 e. The van der Waals surface area contributed by atoms with Crippen molar-refractivity contribution in [2.45, 2.75) is 18.9 Å². The van der Waals surface area contributed by atoms with Crippen LogP contribution in [0.2, 0.25) is 0 Å². The summed E-state index contributed by atoms with van der Waals surface area (Å²) in [6.45, 7) is 1.41. The van der Waals surface area contributed by atoms with Crippen molar-refractivity contribution in [3.05, 3.63) is 36.2 Å². The SMILES string of the molecule is COc1ccc(NC(=O)c2ccnc(NCC3CCCO3)n2)c(OC)c1. The van der Waals surface area contributed by atoms with Crippen molar-refractivity contribution in [2.24, 2.45) is 0 Å². The topological polar surface area (TPSA) is 94.6 Å². The van der Waals surface area contributed by atoms with E-state index < -0.39 is 0 Å². The molecule has 138 valence electrons. The number of hydrogen-bond acceptors (Lipinski definition) is 7. The number of anilines is 2. The molecule has 0 bridgehead atoms. The molecule has 1 aromatic heterocycles. The number of carbonyl (C=O) groups excluding carboxylic acids is 1. The lowest BCUT2D eigenvalue weighted by atomic mass is 10.2. The molecule has 1 saturated heterocycles. The number of benzene rings is 1. The number of nitrogens with zero attached hydrogens (tertiary/aromatic N) is 2. The third kappa shape index (κ3) is 4.40. The zero-order valence-corrected chi connectivity index (χ0v) is 14.8. The van der Waals surface area contributed by atoms with Gasteiger partial charge in [-0.2, -0.15) is 0 Å². The number of hydrogen-bond donors (Lipinski definition) is 2. The van der Waals surface area contributed by atoms with Gasteiger partial charge in [0.25, 0.3) is 5.91 Å². The number of rotatable bonds is 7. The Morgan fingerprint density at radius 1 is 1.31 bits per heavy atom. The fourth-order valence-corrected chi connectivity index (χ4v) is 2.67. The first-order valence-electron chi connectivity index (χ1n) is 8.41. The highest BCUT2D eigenvalue weighted by atomic mass is 16.5. The van der Waals surface area contributed by atoms with Gasteiger partial charge in [-0.05, 0) is 31.0 Å². The maximum atomic E-state index is 12.5. The monoisotopic (exact) mass is 358 g/mol. The van der Waals surface area contributed by atoms with Gasteiger partial charge in [-0.1, -0.05) is 0 Å². The van der Waals surface area contributed by atoms with Crippen molar-refractivity contribution in [3.63, 3.8) is 0 Å². The summed E-state index contributed by atoms with van der Waals surface area (Å²) in [5.74, 6) is 1.19. The van der Waals surface area contributed by atoms with Gasteiger partial charge < -0.3 is 24.8 Å². The lowest BCUT2D eigenvalue weighted by Gasteiger charge is -2.12. The molecule has 2 aromatic rings. The molecule has 1 aromatic carbocycles. The zero-order chi connectivity index (χ0) is 18.4. The number of carbonyl (C=O) groups is 1. The fourth-order valence-electron chi connectivity index (χ4n) is 2.67. The van der Waals surface area contributed by atoms with Gasteiger partial charge in [-0.15, -0.1) is 0 Å². The summed E-state index contributed by atoms with van der Waals surface area (Å²) in [5, 5.41) is 5.91. The van der Waals surface area contributed by atoms with Crippen LogP contribution in [0.1, 0.15) is 23.3 Å².